The van der Waals surface area contributed by atoms with E-state index in [0.29, 0.717) is 18.4 Å². The molecule has 0 amide bonds. The molecule has 0 bridgehead atoms. The summed E-state index contributed by atoms with van der Waals surface area (Å²) in [5.41, 5.74) is -2.24. The zero-order chi connectivity index (χ0) is 24.5. The Balaban J connectivity index is 1.70. The lowest BCUT2D eigenvalue weighted by Gasteiger charge is -2.13. The number of aromatic nitrogens is 6. The molecule has 0 fully saturated rings. The molecule has 34 heavy (non-hydrogen) atoms. The third kappa shape index (κ3) is 4.79. The van der Waals surface area contributed by atoms with E-state index < -0.39 is 29.2 Å². The largest absolute Gasteiger partial charge is 0.418 e. The number of fused-ring (bicyclic) bond motifs is 1. The molecule has 4 rings (SSSR count). The number of anilines is 3. The van der Waals surface area contributed by atoms with Crippen molar-refractivity contribution in [3.8, 4) is 11.4 Å². The van der Waals surface area contributed by atoms with Crippen LogP contribution in [0, 0.1) is 0 Å². The summed E-state index contributed by atoms with van der Waals surface area (Å²) < 4.78 is 79.1. The van der Waals surface area contributed by atoms with E-state index in [1.54, 1.807) is 6.92 Å². The van der Waals surface area contributed by atoms with Crippen molar-refractivity contribution in [1.29, 1.82) is 0 Å². The summed E-state index contributed by atoms with van der Waals surface area (Å²) in [5, 5.41) is 12.9. The number of rotatable bonds is 5. The van der Waals surface area contributed by atoms with Gasteiger partial charge in [-0.15, -0.1) is 10.2 Å². The molecule has 4 aromatic rings. The fraction of sp³-hybridized carbons (Fsp3) is 0.200. The lowest BCUT2D eigenvalue weighted by Crippen LogP contribution is -2.12. The fourth-order valence-electron chi connectivity index (χ4n) is 2.97. The topological polar surface area (TPSA) is 101 Å². The van der Waals surface area contributed by atoms with Crippen LogP contribution in [0.25, 0.3) is 22.6 Å². The predicted molar refractivity (Wildman–Crippen MR) is 110 cm³/mol. The molecule has 0 spiro atoms. The molecule has 14 heteroatoms. The Kier molecular flexibility index (Phi) is 5.89. The quantitative estimate of drug-likeness (QED) is 0.381. The monoisotopic (exact) mass is 480 g/mol. The Morgan fingerprint density at radius 2 is 1.65 bits per heavy atom. The number of hydrogen-bond acceptors (Lipinski definition) is 8. The summed E-state index contributed by atoms with van der Waals surface area (Å²) in [6.07, 6.45) is -6.18. The van der Waals surface area contributed by atoms with Gasteiger partial charge in [-0.3, -0.25) is 0 Å². The Morgan fingerprint density at radius 3 is 2.29 bits per heavy atom. The first kappa shape index (κ1) is 23.1. The maximum atomic E-state index is 13.6. The minimum Gasteiger partial charge on any atom is -0.369 e. The minimum atomic E-state index is -4.73. The molecule has 0 unspecified atom stereocenters. The second-order valence-corrected chi connectivity index (χ2v) is 6.86. The zero-order valence-electron chi connectivity index (χ0n) is 17.2. The second-order valence-electron chi connectivity index (χ2n) is 6.86. The summed E-state index contributed by atoms with van der Waals surface area (Å²) in [6, 6.07) is 4.30. The molecule has 176 valence electrons. The van der Waals surface area contributed by atoms with Crippen LogP contribution in [0.4, 0.5) is 43.7 Å². The smallest absolute Gasteiger partial charge is 0.369 e. The SMILES string of the molecule is CCNc1cc(C(F)(F)F)c(-c2cnc3c(Nc4ccc(C(F)(F)F)cn4)ccnc3n2)nn1. The van der Waals surface area contributed by atoms with Crippen LogP contribution in [0.15, 0.2) is 42.9 Å². The first-order valence-electron chi connectivity index (χ1n) is 9.67. The highest BCUT2D eigenvalue weighted by Gasteiger charge is 2.36. The van der Waals surface area contributed by atoms with Gasteiger partial charge in [0, 0.05) is 18.9 Å². The van der Waals surface area contributed by atoms with E-state index in [4.69, 9.17) is 0 Å². The van der Waals surface area contributed by atoms with Crippen molar-refractivity contribution in [1.82, 2.24) is 30.1 Å². The van der Waals surface area contributed by atoms with Crippen molar-refractivity contribution in [2.75, 3.05) is 17.2 Å². The Morgan fingerprint density at radius 1 is 0.853 bits per heavy atom. The highest BCUT2D eigenvalue weighted by atomic mass is 19.4. The van der Waals surface area contributed by atoms with Gasteiger partial charge in [0.15, 0.2) is 5.65 Å². The minimum absolute atomic E-state index is 0.0138. The van der Waals surface area contributed by atoms with Crippen molar-refractivity contribution in [2.24, 2.45) is 0 Å². The van der Waals surface area contributed by atoms with E-state index in [1.165, 1.54) is 12.3 Å². The van der Waals surface area contributed by atoms with Gasteiger partial charge in [-0.05, 0) is 31.2 Å². The first-order valence-corrected chi connectivity index (χ1v) is 9.67. The van der Waals surface area contributed by atoms with E-state index in [0.717, 1.165) is 24.4 Å². The number of nitrogens with one attached hydrogen (secondary N) is 2. The summed E-state index contributed by atoms with van der Waals surface area (Å²) in [4.78, 5) is 16.0. The molecule has 4 heterocycles. The van der Waals surface area contributed by atoms with Crippen LogP contribution in [0.5, 0.6) is 0 Å². The average Bonchev–Trinajstić information content (AvgIpc) is 2.78. The van der Waals surface area contributed by atoms with Crippen molar-refractivity contribution in [3.63, 3.8) is 0 Å². The molecule has 0 aromatic carbocycles. The summed E-state index contributed by atoms with van der Waals surface area (Å²) in [5.74, 6) is 0.0524. The van der Waals surface area contributed by atoms with E-state index in [2.05, 4.69) is 40.8 Å². The van der Waals surface area contributed by atoms with Gasteiger partial charge < -0.3 is 10.6 Å². The Bertz CT molecular complexity index is 1320. The van der Waals surface area contributed by atoms with Crippen molar-refractivity contribution in [2.45, 2.75) is 19.3 Å². The van der Waals surface area contributed by atoms with Gasteiger partial charge >= 0.3 is 12.4 Å². The molecule has 8 nitrogen and oxygen atoms in total. The summed E-state index contributed by atoms with van der Waals surface area (Å²) >= 11 is 0. The van der Waals surface area contributed by atoms with Crippen LogP contribution in [0.2, 0.25) is 0 Å². The molecule has 0 atom stereocenters. The lowest BCUT2D eigenvalue weighted by molar-refractivity contribution is -0.138. The molecule has 2 N–H and O–H groups in total. The highest BCUT2D eigenvalue weighted by molar-refractivity contribution is 5.87. The molecule has 0 aliphatic rings. The van der Waals surface area contributed by atoms with Gasteiger partial charge in [-0.1, -0.05) is 0 Å². The fourth-order valence-corrected chi connectivity index (χ4v) is 2.97. The third-order valence-electron chi connectivity index (χ3n) is 4.50. The number of alkyl halides is 6. The van der Waals surface area contributed by atoms with Gasteiger partial charge in [0.1, 0.15) is 28.5 Å². The second kappa shape index (κ2) is 8.68. The average molecular weight is 480 g/mol. The van der Waals surface area contributed by atoms with Gasteiger partial charge in [0.25, 0.3) is 0 Å². The van der Waals surface area contributed by atoms with Gasteiger partial charge in [-0.25, -0.2) is 19.9 Å². The van der Waals surface area contributed by atoms with Crippen LogP contribution in [0.1, 0.15) is 18.1 Å². The number of halogens is 6. The zero-order valence-corrected chi connectivity index (χ0v) is 17.2. The Hall–Kier alpha value is -4.10. The first-order chi connectivity index (χ1) is 16.1. The third-order valence-corrected chi connectivity index (χ3v) is 4.50. The molecule has 0 aliphatic heterocycles. The molecule has 0 saturated heterocycles. The van der Waals surface area contributed by atoms with Crippen LogP contribution < -0.4 is 10.6 Å². The van der Waals surface area contributed by atoms with Crippen LogP contribution in [-0.2, 0) is 12.4 Å². The van der Waals surface area contributed by atoms with Gasteiger partial charge in [0.05, 0.1) is 23.0 Å². The maximum absolute atomic E-state index is 13.6. The highest BCUT2D eigenvalue weighted by Crippen LogP contribution is 2.36. The van der Waals surface area contributed by atoms with Crippen molar-refractivity contribution < 1.29 is 26.3 Å². The lowest BCUT2D eigenvalue weighted by atomic mass is 10.1. The van der Waals surface area contributed by atoms with Gasteiger partial charge in [0.2, 0.25) is 0 Å². The number of hydrogen-bond donors (Lipinski definition) is 2. The Labute approximate surface area is 187 Å². The normalized spacial score (nSPS) is 12.1. The summed E-state index contributed by atoms with van der Waals surface area (Å²) in [6.45, 7) is 2.06. The van der Waals surface area contributed by atoms with Gasteiger partial charge in [-0.2, -0.15) is 26.3 Å². The molecule has 0 saturated carbocycles. The molecular weight excluding hydrogens is 466 g/mol. The number of nitrogens with zero attached hydrogens (tertiary/aromatic N) is 6. The summed E-state index contributed by atoms with van der Waals surface area (Å²) in [7, 11) is 0. The van der Waals surface area contributed by atoms with Crippen LogP contribution in [0.3, 0.4) is 0 Å². The number of pyridine rings is 2. The predicted octanol–water partition coefficient (Wildman–Crippen LogP) is 5.09. The standard InChI is InChI=1S/C20H14F6N8/c1-2-27-15-7-11(20(24,25)26)16(34-33-15)13-9-30-17-12(5-6-28-18(17)32-13)31-14-4-3-10(8-29-14)19(21,22)23/h3-9H,2H2,1H3,(H,27,33)(H,28,29,31,32). The van der Waals surface area contributed by atoms with E-state index >= 15 is 0 Å². The maximum Gasteiger partial charge on any atom is 0.418 e. The van der Waals surface area contributed by atoms with E-state index in [9.17, 15) is 26.3 Å². The molecule has 0 radical (unpaired) electrons. The van der Waals surface area contributed by atoms with E-state index in [1.807, 2.05) is 0 Å². The molecular formula is C20H14F6N8. The molecule has 0 aliphatic carbocycles. The molecule has 4 aromatic heterocycles. The van der Waals surface area contributed by atoms with Crippen molar-refractivity contribution in [3.05, 3.63) is 54.0 Å². The van der Waals surface area contributed by atoms with E-state index in [-0.39, 0.29) is 28.5 Å². The van der Waals surface area contributed by atoms with Crippen LogP contribution >= 0.6 is 0 Å². The van der Waals surface area contributed by atoms with Crippen molar-refractivity contribution >= 4 is 28.5 Å². The van der Waals surface area contributed by atoms with Crippen LogP contribution in [-0.4, -0.2) is 36.7 Å².